The van der Waals surface area contributed by atoms with E-state index < -0.39 is 0 Å². The first-order valence-electron chi connectivity index (χ1n) is 9.09. The van der Waals surface area contributed by atoms with Gasteiger partial charge in [-0.25, -0.2) is 0 Å². The van der Waals surface area contributed by atoms with Crippen molar-refractivity contribution in [2.75, 3.05) is 22.5 Å². The molecular formula is C23H23N3O2. The van der Waals surface area contributed by atoms with Gasteiger partial charge in [0.1, 0.15) is 0 Å². The van der Waals surface area contributed by atoms with Gasteiger partial charge in [-0.15, -0.1) is 0 Å². The van der Waals surface area contributed by atoms with E-state index in [-0.39, 0.29) is 18.4 Å². The number of hydrogen-bond donors (Lipinski definition) is 3. The van der Waals surface area contributed by atoms with Crippen LogP contribution in [0.4, 0.5) is 17.1 Å². The minimum Gasteiger partial charge on any atom is -0.376 e. The molecule has 5 heteroatoms. The molecule has 3 aromatic carbocycles. The normalized spacial score (nSPS) is 10.2. The molecule has 0 heterocycles. The summed E-state index contributed by atoms with van der Waals surface area (Å²) in [5, 5.41) is 8.87. The largest absolute Gasteiger partial charge is 0.376 e. The maximum Gasteiger partial charge on any atom is 0.255 e. The maximum atomic E-state index is 12.3. The SMILES string of the molecule is Cc1cccc(NC(=O)CNc2cccc(NC(=O)c3ccccc3)c2)c1C. The fraction of sp³-hybridized carbons (Fsp3) is 0.130. The Balaban J connectivity index is 1.58. The zero-order valence-electron chi connectivity index (χ0n) is 16.0. The Hall–Kier alpha value is -3.60. The van der Waals surface area contributed by atoms with Gasteiger partial charge in [0, 0.05) is 22.6 Å². The molecule has 0 aromatic heterocycles. The summed E-state index contributed by atoms with van der Waals surface area (Å²) in [7, 11) is 0. The molecule has 0 fully saturated rings. The zero-order valence-corrected chi connectivity index (χ0v) is 16.0. The molecule has 3 N–H and O–H groups in total. The number of hydrogen-bond acceptors (Lipinski definition) is 3. The van der Waals surface area contributed by atoms with E-state index in [0.29, 0.717) is 11.3 Å². The molecular weight excluding hydrogens is 350 g/mol. The van der Waals surface area contributed by atoms with E-state index in [1.807, 2.05) is 68.4 Å². The van der Waals surface area contributed by atoms with Crippen molar-refractivity contribution in [3.8, 4) is 0 Å². The van der Waals surface area contributed by atoms with Crippen LogP contribution in [-0.2, 0) is 4.79 Å². The Bertz CT molecular complexity index is 984. The highest BCUT2D eigenvalue weighted by atomic mass is 16.2. The third-order valence-corrected chi connectivity index (χ3v) is 4.49. The van der Waals surface area contributed by atoms with Gasteiger partial charge in [0.2, 0.25) is 5.91 Å². The van der Waals surface area contributed by atoms with E-state index in [1.54, 1.807) is 18.2 Å². The standard InChI is InChI=1S/C23H23N3O2/c1-16-8-6-13-21(17(16)2)26-22(27)15-24-19-11-7-12-20(14-19)25-23(28)18-9-4-3-5-10-18/h3-14,24H,15H2,1-2H3,(H,25,28)(H,26,27). The third kappa shape index (κ3) is 4.98. The number of carbonyl (C=O) groups is 2. The molecule has 0 bridgehead atoms. The van der Waals surface area contributed by atoms with Crippen molar-refractivity contribution in [3.63, 3.8) is 0 Å². The van der Waals surface area contributed by atoms with Crippen LogP contribution in [0.1, 0.15) is 21.5 Å². The Morgan fingerprint density at radius 1 is 0.786 bits per heavy atom. The lowest BCUT2D eigenvalue weighted by atomic mass is 10.1. The van der Waals surface area contributed by atoms with E-state index in [1.165, 1.54) is 0 Å². The molecule has 3 rings (SSSR count). The quantitative estimate of drug-likeness (QED) is 0.591. The molecule has 0 atom stereocenters. The van der Waals surface area contributed by atoms with Crippen LogP contribution in [0.2, 0.25) is 0 Å². The molecule has 0 saturated carbocycles. The molecule has 0 saturated heterocycles. The summed E-state index contributed by atoms with van der Waals surface area (Å²) >= 11 is 0. The second kappa shape index (κ2) is 8.86. The summed E-state index contributed by atoms with van der Waals surface area (Å²) in [6.45, 7) is 4.12. The van der Waals surface area contributed by atoms with Crippen LogP contribution in [-0.4, -0.2) is 18.4 Å². The molecule has 28 heavy (non-hydrogen) atoms. The van der Waals surface area contributed by atoms with Crippen LogP contribution in [0.3, 0.4) is 0 Å². The lowest BCUT2D eigenvalue weighted by molar-refractivity contribution is -0.114. The van der Waals surface area contributed by atoms with Crippen molar-refractivity contribution in [2.24, 2.45) is 0 Å². The van der Waals surface area contributed by atoms with Gasteiger partial charge < -0.3 is 16.0 Å². The van der Waals surface area contributed by atoms with Crippen molar-refractivity contribution >= 4 is 28.9 Å². The average molecular weight is 373 g/mol. The van der Waals surface area contributed by atoms with Gasteiger partial charge in [-0.3, -0.25) is 9.59 Å². The van der Waals surface area contributed by atoms with Crippen LogP contribution in [0.25, 0.3) is 0 Å². The predicted octanol–water partition coefficient (Wildman–Crippen LogP) is 4.61. The van der Waals surface area contributed by atoms with Crippen LogP contribution in [0, 0.1) is 13.8 Å². The van der Waals surface area contributed by atoms with E-state index in [0.717, 1.165) is 22.5 Å². The van der Waals surface area contributed by atoms with E-state index >= 15 is 0 Å². The summed E-state index contributed by atoms with van der Waals surface area (Å²) < 4.78 is 0. The van der Waals surface area contributed by atoms with Crippen LogP contribution < -0.4 is 16.0 Å². The van der Waals surface area contributed by atoms with Crippen LogP contribution in [0.5, 0.6) is 0 Å². The number of benzene rings is 3. The Morgan fingerprint density at radius 2 is 1.50 bits per heavy atom. The second-order valence-electron chi connectivity index (χ2n) is 6.55. The lowest BCUT2D eigenvalue weighted by Crippen LogP contribution is -2.22. The van der Waals surface area contributed by atoms with Gasteiger partial charge in [-0.05, 0) is 61.4 Å². The Labute approximate surface area is 164 Å². The van der Waals surface area contributed by atoms with Gasteiger partial charge in [0.25, 0.3) is 5.91 Å². The molecule has 0 radical (unpaired) electrons. The highest BCUT2D eigenvalue weighted by molar-refractivity contribution is 6.04. The van der Waals surface area contributed by atoms with Crippen molar-refractivity contribution in [1.29, 1.82) is 0 Å². The molecule has 2 amide bonds. The number of aryl methyl sites for hydroxylation is 1. The fourth-order valence-corrected chi connectivity index (χ4v) is 2.76. The van der Waals surface area contributed by atoms with Crippen LogP contribution >= 0.6 is 0 Å². The minimum absolute atomic E-state index is 0.128. The topological polar surface area (TPSA) is 70.2 Å². The van der Waals surface area contributed by atoms with Gasteiger partial charge in [0.05, 0.1) is 6.54 Å². The van der Waals surface area contributed by atoms with Gasteiger partial charge in [-0.1, -0.05) is 36.4 Å². The highest BCUT2D eigenvalue weighted by Gasteiger charge is 2.08. The van der Waals surface area contributed by atoms with Crippen molar-refractivity contribution in [2.45, 2.75) is 13.8 Å². The first kappa shape index (κ1) is 19.2. The monoisotopic (exact) mass is 373 g/mol. The van der Waals surface area contributed by atoms with Crippen molar-refractivity contribution in [1.82, 2.24) is 0 Å². The molecule has 0 aliphatic rings. The lowest BCUT2D eigenvalue weighted by Gasteiger charge is -2.12. The number of carbonyl (C=O) groups excluding carboxylic acids is 2. The molecule has 0 aliphatic heterocycles. The summed E-state index contributed by atoms with van der Waals surface area (Å²) in [5.74, 6) is -0.308. The Kier molecular flexibility index (Phi) is 6.07. The highest BCUT2D eigenvalue weighted by Crippen LogP contribution is 2.18. The average Bonchev–Trinajstić information content (AvgIpc) is 2.71. The molecule has 3 aromatic rings. The summed E-state index contributed by atoms with van der Waals surface area (Å²) in [6.07, 6.45) is 0. The zero-order chi connectivity index (χ0) is 19.9. The van der Waals surface area contributed by atoms with Gasteiger partial charge >= 0.3 is 0 Å². The van der Waals surface area contributed by atoms with Crippen molar-refractivity contribution in [3.05, 3.63) is 89.5 Å². The van der Waals surface area contributed by atoms with E-state index in [4.69, 9.17) is 0 Å². The van der Waals surface area contributed by atoms with Crippen molar-refractivity contribution < 1.29 is 9.59 Å². The molecule has 0 unspecified atom stereocenters. The van der Waals surface area contributed by atoms with Gasteiger partial charge in [-0.2, -0.15) is 0 Å². The molecule has 0 spiro atoms. The van der Waals surface area contributed by atoms with E-state index in [9.17, 15) is 9.59 Å². The first-order chi connectivity index (χ1) is 13.5. The number of nitrogens with one attached hydrogen (secondary N) is 3. The third-order valence-electron chi connectivity index (χ3n) is 4.49. The summed E-state index contributed by atoms with van der Waals surface area (Å²) in [5.41, 5.74) is 5.01. The Morgan fingerprint density at radius 3 is 2.29 bits per heavy atom. The molecule has 5 nitrogen and oxygen atoms in total. The minimum atomic E-state index is -0.176. The first-order valence-corrected chi connectivity index (χ1v) is 9.09. The van der Waals surface area contributed by atoms with Crippen LogP contribution in [0.15, 0.2) is 72.8 Å². The van der Waals surface area contributed by atoms with Gasteiger partial charge in [0.15, 0.2) is 0 Å². The number of rotatable bonds is 6. The summed E-state index contributed by atoms with van der Waals surface area (Å²) in [4.78, 5) is 24.5. The molecule has 142 valence electrons. The predicted molar refractivity (Wildman–Crippen MR) is 114 cm³/mol. The molecule has 0 aliphatic carbocycles. The smallest absolute Gasteiger partial charge is 0.255 e. The maximum absolute atomic E-state index is 12.3. The van der Waals surface area contributed by atoms with E-state index in [2.05, 4.69) is 16.0 Å². The number of anilines is 3. The summed E-state index contributed by atoms with van der Waals surface area (Å²) in [6, 6.07) is 22.1. The second-order valence-corrected chi connectivity index (χ2v) is 6.55. The number of amides is 2. The fourth-order valence-electron chi connectivity index (χ4n) is 2.76.